The van der Waals surface area contributed by atoms with Crippen molar-refractivity contribution < 1.29 is 19.0 Å². The summed E-state index contributed by atoms with van der Waals surface area (Å²) in [4.78, 5) is 12.5. The van der Waals surface area contributed by atoms with E-state index in [0.717, 1.165) is 11.1 Å². The molecule has 0 heterocycles. The topological polar surface area (TPSA) is 68.6 Å². The first kappa shape index (κ1) is 20.0. The minimum atomic E-state index is -0.693. The maximum Gasteiger partial charge on any atom is 0.349 e. The Hall–Kier alpha value is -3.36. The van der Waals surface area contributed by atoms with Crippen molar-refractivity contribution in [3.05, 3.63) is 90.2 Å². The molecule has 2 aromatic carbocycles. The first-order chi connectivity index (χ1) is 13.2. The van der Waals surface area contributed by atoms with Gasteiger partial charge in [-0.15, -0.1) is 0 Å². The van der Waals surface area contributed by atoms with Gasteiger partial charge in [0.2, 0.25) is 0 Å². The molecule has 2 aromatic rings. The number of nitrogens with zero attached hydrogens (tertiary/aromatic N) is 1. The summed E-state index contributed by atoms with van der Waals surface area (Å²) in [6, 6.07) is 20.6. The van der Waals surface area contributed by atoms with Gasteiger partial charge in [0.15, 0.2) is 6.29 Å². The zero-order valence-corrected chi connectivity index (χ0v) is 15.1. The molecule has 1 unspecified atom stereocenters. The van der Waals surface area contributed by atoms with E-state index in [2.05, 4.69) is 6.58 Å². The van der Waals surface area contributed by atoms with Crippen LogP contribution in [0.5, 0.6) is 0 Å². The molecule has 0 N–H and O–H groups in total. The van der Waals surface area contributed by atoms with Gasteiger partial charge in [-0.25, -0.2) is 4.79 Å². The Morgan fingerprint density at radius 1 is 1.07 bits per heavy atom. The second kappa shape index (κ2) is 10.6. The molecule has 1 atom stereocenters. The minimum absolute atomic E-state index is 0.00567. The molecule has 0 aliphatic carbocycles. The zero-order valence-electron chi connectivity index (χ0n) is 15.1. The van der Waals surface area contributed by atoms with Crippen molar-refractivity contribution in [2.45, 2.75) is 13.2 Å². The number of esters is 1. The van der Waals surface area contributed by atoms with E-state index >= 15 is 0 Å². The summed E-state index contributed by atoms with van der Waals surface area (Å²) in [5.74, 6) is -0.693. The van der Waals surface area contributed by atoms with E-state index in [9.17, 15) is 10.1 Å². The lowest BCUT2D eigenvalue weighted by atomic mass is 9.93. The van der Waals surface area contributed by atoms with E-state index in [1.807, 2.05) is 66.7 Å². The van der Waals surface area contributed by atoms with Crippen LogP contribution in [0.15, 0.2) is 79.1 Å². The molecule has 0 amide bonds. The van der Waals surface area contributed by atoms with E-state index in [4.69, 9.17) is 14.2 Å². The summed E-state index contributed by atoms with van der Waals surface area (Å²) in [7, 11) is 0. The monoisotopic (exact) mass is 363 g/mol. The fourth-order valence-corrected chi connectivity index (χ4v) is 2.46. The third kappa shape index (κ3) is 5.84. The Morgan fingerprint density at radius 3 is 2.11 bits per heavy atom. The second-order valence-electron chi connectivity index (χ2n) is 5.47. The SMILES string of the molecule is C=COC(C)OCCOC(=O)C(C#N)=C(c1ccccc1)c1ccccc1. The Morgan fingerprint density at radius 2 is 1.63 bits per heavy atom. The predicted molar refractivity (Wildman–Crippen MR) is 102 cm³/mol. The van der Waals surface area contributed by atoms with Crippen LogP contribution in [-0.2, 0) is 19.0 Å². The summed E-state index contributed by atoms with van der Waals surface area (Å²) in [6.45, 7) is 5.29. The summed E-state index contributed by atoms with van der Waals surface area (Å²) < 4.78 is 15.5. The zero-order chi connectivity index (χ0) is 19.5. The third-order valence-corrected chi connectivity index (χ3v) is 3.65. The Labute approximate surface area is 159 Å². The van der Waals surface area contributed by atoms with Crippen molar-refractivity contribution in [3.63, 3.8) is 0 Å². The van der Waals surface area contributed by atoms with Gasteiger partial charge in [-0.3, -0.25) is 0 Å². The van der Waals surface area contributed by atoms with Crippen LogP contribution >= 0.6 is 0 Å². The number of benzene rings is 2. The number of nitriles is 1. The molecule has 0 fully saturated rings. The minimum Gasteiger partial charge on any atom is -0.473 e. The first-order valence-electron chi connectivity index (χ1n) is 8.47. The smallest absolute Gasteiger partial charge is 0.349 e. The molecule has 0 saturated carbocycles. The van der Waals surface area contributed by atoms with E-state index in [0.29, 0.717) is 5.57 Å². The molecule has 0 bridgehead atoms. The highest BCUT2D eigenvalue weighted by Crippen LogP contribution is 2.27. The highest BCUT2D eigenvalue weighted by atomic mass is 16.7. The van der Waals surface area contributed by atoms with Crippen molar-refractivity contribution in [1.82, 2.24) is 0 Å². The summed E-state index contributed by atoms with van der Waals surface area (Å²) in [6.07, 6.45) is 0.788. The van der Waals surface area contributed by atoms with Crippen LogP contribution in [0.4, 0.5) is 0 Å². The molecule has 0 aliphatic heterocycles. The molecule has 5 heteroatoms. The van der Waals surface area contributed by atoms with Crippen molar-refractivity contribution >= 4 is 11.5 Å². The second-order valence-corrected chi connectivity index (χ2v) is 5.47. The van der Waals surface area contributed by atoms with Crippen LogP contribution in [0.1, 0.15) is 18.1 Å². The quantitative estimate of drug-likeness (QED) is 0.168. The van der Waals surface area contributed by atoms with Crippen LogP contribution < -0.4 is 0 Å². The fourth-order valence-electron chi connectivity index (χ4n) is 2.46. The molecule has 5 nitrogen and oxygen atoms in total. The number of carbonyl (C=O) groups is 1. The van der Waals surface area contributed by atoms with Crippen molar-refractivity contribution in [1.29, 1.82) is 5.26 Å². The molecule has 0 aromatic heterocycles. The van der Waals surface area contributed by atoms with Gasteiger partial charge in [0.25, 0.3) is 0 Å². The van der Waals surface area contributed by atoms with Crippen LogP contribution in [0, 0.1) is 11.3 Å². The lowest BCUT2D eigenvalue weighted by Crippen LogP contribution is -2.17. The molecule has 27 heavy (non-hydrogen) atoms. The summed E-state index contributed by atoms with van der Waals surface area (Å²) >= 11 is 0. The largest absolute Gasteiger partial charge is 0.473 e. The molecular formula is C22H21NO4. The normalized spacial score (nSPS) is 11.0. The molecular weight excluding hydrogens is 342 g/mol. The predicted octanol–water partition coefficient (Wildman–Crippen LogP) is 4.08. The number of hydrogen-bond acceptors (Lipinski definition) is 5. The number of carbonyl (C=O) groups excluding carboxylic acids is 1. The molecule has 0 spiro atoms. The van der Waals surface area contributed by atoms with Crippen LogP contribution in [0.3, 0.4) is 0 Å². The van der Waals surface area contributed by atoms with Crippen molar-refractivity contribution in [3.8, 4) is 6.07 Å². The van der Waals surface area contributed by atoms with Crippen LogP contribution in [-0.4, -0.2) is 25.5 Å². The molecule has 0 radical (unpaired) electrons. The number of hydrogen-bond donors (Lipinski definition) is 0. The average molecular weight is 363 g/mol. The molecule has 0 saturated heterocycles. The number of ether oxygens (including phenoxy) is 3. The summed E-state index contributed by atoms with van der Waals surface area (Å²) in [5.41, 5.74) is 2.01. The molecule has 2 rings (SSSR count). The van der Waals surface area contributed by atoms with E-state index < -0.39 is 12.3 Å². The van der Waals surface area contributed by atoms with Gasteiger partial charge in [-0.05, 0) is 18.1 Å². The standard InChI is InChI=1S/C22H21NO4/c1-3-25-17(2)26-14-15-27-22(24)20(16-23)21(18-10-6-4-7-11-18)19-12-8-5-9-13-19/h3-13,17H,1,14-15H2,2H3. The maximum atomic E-state index is 12.5. The molecule has 0 aliphatic rings. The van der Waals surface area contributed by atoms with E-state index in [1.165, 1.54) is 6.26 Å². The average Bonchev–Trinajstić information content (AvgIpc) is 2.70. The van der Waals surface area contributed by atoms with Gasteiger partial charge in [-0.2, -0.15) is 5.26 Å². The summed E-state index contributed by atoms with van der Waals surface area (Å²) in [5, 5.41) is 9.63. The van der Waals surface area contributed by atoms with Crippen LogP contribution in [0.2, 0.25) is 0 Å². The van der Waals surface area contributed by atoms with Crippen molar-refractivity contribution in [2.75, 3.05) is 13.2 Å². The van der Waals surface area contributed by atoms with Gasteiger partial charge in [-0.1, -0.05) is 67.2 Å². The highest BCUT2D eigenvalue weighted by molar-refractivity contribution is 6.05. The van der Waals surface area contributed by atoms with E-state index in [1.54, 1.807) is 6.92 Å². The van der Waals surface area contributed by atoms with Gasteiger partial charge in [0.05, 0.1) is 12.9 Å². The van der Waals surface area contributed by atoms with Gasteiger partial charge in [0, 0.05) is 5.57 Å². The van der Waals surface area contributed by atoms with Gasteiger partial charge >= 0.3 is 5.97 Å². The fraction of sp³-hybridized carbons (Fsp3) is 0.182. The third-order valence-electron chi connectivity index (χ3n) is 3.65. The lowest BCUT2D eigenvalue weighted by Gasteiger charge is -2.13. The first-order valence-corrected chi connectivity index (χ1v) is 8.47. The van der Waals surface area contributed by atoms with Crippen LogP contribution in [0.25, 0.3) is 5.57 Å². The van der Waals surface area contributed by atoms with Gasteiger partial charge in [0.1, 0.15) is 18.2 Å². The van der Waals surface area contributed by atoms with E-state index in [-0.39, 0.29) is 18.8 Å². The Balaban J connectivity index is 2.22. The van der Waals surface area contributed by atoms with Crippen molar-refractivity contribution in [2.24, 2.45) is 0 Å². The van der Waals surface area contributed by atoms with Gasteiger partial charge < -0.3 is 14.2 Å². The lowest BCUT2D eigenvalue weighted by molar-refractivity contribution is -0.145. The molecule has 138 valence electrons. The number of rotatable bonds is 9. The Bertz CT molecular complexity index is 781. The Kier molecular flexibility index (Phi) is 7.83. The highest BCUT2D eigenvalue weighted by Gasteiger charge is 2.19. The maximum absolute atomic E-state index is 12.5.